The highest BCUT2D eigenvalue weighted by Gasteiger charge is 2.42. The topological polar surface area (TPSA) is 124 Å². The molecule has 170 valence electrons. The molecular formula is C23H36O7. The molecule has 7 nitrogen and oxygen atoms in total. The molecular weight excluding hydrogens is 388 g/mol. The van der Waals surface area contributed by atoms with E-state index in [1.54, 1.807) is 0 Å². The molecule has 0 saturated heterocycles. The smallest absolute Gasteiger partial charge is 0.308 e. The van der Waals surface area contributed by atoms with Gasteiger partial charge in [0.05, 0.1) is 30.7 Å². The van der Waals surface area contributed by atoms with Crippen LogP contribution < -0.4 is 0 Å². The fourth-order valence-corrected chi connectivity index (χ4v) is 4.52. The first kappa shape index (κ1) is 24.6. The van der Waals surface area contributed by atoms with Gasteiger partial charge in [-0.05, 0) is 43.1 Å². The molecule has 0 heterocycles. The van der Waals surface area contributed by atoms with Crippen LogP contribution in [0, 0.1) is 23.7 Å². The second kappa shape index (κ2) is 11.1. The summed E-state index contributed by atoms with van der Waals surface area (Å²) in [6.45, 7) is 5.85. The maximum Gasteiger partial charge on any atom is 0.308 e. The standard InChI is InChI=1S/C23H36O7/c1-4-13(2)23(29)30-20-11-17(25)9-15-6-5-14(3)19(22(15)20)8-7-16(24)10-18(26)12-21(27)28/h5-6,9,13-14,16-20,22,24-26H,4,7-8,10-12H2,1-3H3,(H,27,28)/t13-,14+,16-,17+,18-,19+,20+,22+/m0/s1. The number of ether oxygens (including phenoxy) is 1. The molecule has 2 aliphatic rings. The number of carbonyl (C=O) groups excluding carboxylic acids is 1. The van der Waals surface area contributed by atoms with Crippen LogP contribution in [-0.4, -0.2) is 56.8 Å². The number of hydrogen-bond donors (Lipinski definition) is 4. The van der Waals surface area contributed by atoms with Crippen LogP contribution in [0.3, 0.4) is 0 Å². The maximum absolute atomic E-state index is 12.4. The first-order valence-electron chi connectivity index (χ1n) is 11.0. The number of carboxylic acids is 1. The molecule has 0 saturated carbocycles. The molecule has 0 radical (unpaired) electrons. The summed E-state index contributed by atoms with van der Waals surface area (Å²) < 4.78 is 5.84. The average Bonchev–Trinajstić information content (AvgIpc) is 2.65. The maximum atomic E-state index is 12.4. The molecule has 0 amide bonds. The minimum absolute atomic E-state index is 0.0156. The summed E-state index contributed by atoms with van der Waals surface area (Å²) in [5.41, 5.74) is 0.958. The SMILES string of the molecule is CC[C@H](C)C(=O)O[C@@H]1C[C@H](O)C=C2C=C[C@@H](C)[C@@H](CC[C@H](O)C[C@H](O)CC(=O)O)[C@@H]21. The van der Waals surface area contributed by atoms with Crippen molar-refractivity contribution in [3.63, 3.8) is 0 Å². The van der Waals surface area contributed by atoms with E-state index in [0.717, 1.165) is 5.57 Å². The number of hydrogen-bond acceptors (Lipinski definition) is 6. The lowest BCUT2D eigenvalue weighted by atomic mass is 9.66. The highest BCUT2D eigenvalue weighted by molar-refractivity contribution is 5.72. The number of allylic oxidation sites excluding steroid dienone is 2. The van der Waals surface area contributed by atoms with Crippen molar-refractivity contribution in [2.24, 2.45) is 23.7 Å². The van der Waals surface area contributed by atoms with Crippen LogP contribution in [0.1, 0.15) is 59.3 Å². The number of fused-ring (bicyclic) bond motifs is 1. The number of rotatable bonds is 10. The zero-order chi connectivity index (χ0) is 22.4. The van der Waals surface area contributed by atoms with Gasteiger partial charge in [-0.2, -0.15) is 0 Å². The fourth-order valence-electron chi connectivity index (χ4n) is 4.52. The zero-order valence-electron chi connectivity index (χ0n) is 18.1. The van der Waals surface area contributed by atoms with Crippen molar-refractivity contribution in [2.75, 3.05) is 0 Å². The van der Waals surface area contributed by atoms with Gasteiger partial charge in [-0.25, -0.2) is 0 Å². The van der Waals surface area contributed by atoms with Crippen molar-refractivity contribution < 1.29 is 34.8 Å². The van der Waals surface area contributed by atoms with Crippen molar-refractivity contribution in [3.05, 3.63) is 23.8 Å². The van der Waals surface area contributed by atoms with E-state index in [1.807, 2.05) is 26.0 Å². The molecule has 0 aromatic carbocycles. The van der Waals surface area contributed by atoms with E-state index in [0.29, 0.717) is 25.7 Å². The molecule has 2 aliphatic carbocycles. The van der Waals surface area contributed by atoms with Gasteiger partial charge < -0.3 is 25.2 Å². The molecule has 0 aromatic rings. The molecule has 30 heavy (non-hydrogen) atoms. The van der Waals surface area contributed by atoms with E-state index in [4.69, 9.17) is 9.84 Å². The van der Waals surface area contributed by atoms with E-state index < -0.39 is 30.4 Å². The highest BCUT2D eigenvalue weighted by atomic mass is 16.5. The normalized spacial score (nSPS) is 31.3. The van der Waals surface area contributed by atoms with Crippen LogP contribution in [-0.2, 0) is 14.3 Å². The Hall–Kier alpha value is -1.70. The van der Waals surface area contributed by atoms with Crippen molar-refractivity contribution in [3.8, 4) is 0 Å². The summed E-state index contributed by atoms with van der Waals surface area (Å²) in [5, 5.41) is 39.1. The molecule has 0 aromatic heterocycles. The summed E-state index contributed by atoms with van der Waals surface area (Å²) in [5.74, 6) is -1.31. The predicted molar refractivity (Wildman–Crippen MR) is 111 cm³/mol. The number of aliphatic hydroxyl groups is 3. The summed E-state index contributed by atoms with van der Waals surface area (Å²) in [6, 6.07) is 0. The zero-order valence-corrected chi connectivity index (χ0v) is 18.1. The lowest BCUT2D eigenvalue weighted by molar-refractivity contribution is -0.159. The van der Waals surface area contributed by atoms with E-state index in [-0.39, 0.29) is 42.5 Å². The number of esters is 1. The quantitative estimate of drug-likeness (QED) is 0.397. The monoisotopic (exact) mass is 424 g/mol. The van der Waals surface area contributed by atoms with Crippen molar-refractivity contribution in [2.45, 2.75) is 83.7 Å². The van der Waals surface area contributed by atoms with Gasteiger partial charge in [-0.15, -0.1) is 0 Å². The third kappa shape index (κ3) is 6.65. The minimum atomic E-state index is -1.10. The Kier molecular flexibility index (Phi) is 9.07. The van der Waals surface area contributed by atoms with Crippen LogP contribution in [0.5, 0.6) is 0 Å². The molecule has 0 spiro atoms. The van der Waals surface area contributed by atoms with Crippen LogP contribution in [0.25, 0.3) is 0 Å². The summed E-state index contributed by atoms with van der Waals surface area (Å²) in [4.78, 5) is 23.1. The fraction of sp³-hybridized carbons (Fsp3) is 0.739. The molecule has 0 fully saturated rings. The molecule has 4 N–H and O–H groups in total. The number of aliphatic hydroxyl groups excluding tert-OH is 3. The Balaban J connectivity index is 2.09. The molecule has 2 rings (SSSR count). The minimum Gasteiger partial charge on any atom is -0.481 e. The van der Waals surface area contributed by atoms with Gasteiger partial charge in [0, 0.05) is 12.3 Å². The van der Waals surface area contributed by atoms with Crippen LogP contribution in [0.4, 0.5) is 0 Å². The summed E-state index contributed by atoms with van der Waals surface area (Å²) in [7, 11) is 0. The predicted octanol–water partition coefficient (Wildman–Crippen LogP) is 2.44. The van der Waals surface area contributed by atoms with Crippen LogP contribution >= 0.6 is 0 Å². The summed E-state index contributed by atoms with van der Waals surface area (Å²) >= 11 is 0. The van der Waals surface area contributed by atoms with E-state index in [9.17, 15) is 24.9 Å². The highest BCUT2D eigenvalue weighted by Crippen LogP contribution is 2.44. The molecule has 0 bridgehead atoms. The largest absolute Gasteiger partial charge is 0.481 e. The van der Waals surface area contributed by atoms with Crippen molar-refractivity contribution in [1.29, 1.82) is 0 Å². The van der Waals surface area contributed by atoms with Crippen molar-refractivity contribution in [1.82, 2.24) is 0 Å². The van der Waals surface area contributed by atoms with E-state index >= 15 is 0 Å². The first-order valence-corrected chi connectivity index (χ1v) is 11.0. The van der Waals surface area contributed by atoms with Gasteiger partial charge in [0.1, 0.15) is 6.10 Å². The number of aliphatic carboxylic acids is 1. The average molecular weight is 425 g/mol. The Bertz CT molecular complexity index is 656. The van der Waals surface area contributed by atoms with Gasteiger partial charge in [-0.3, -0.25) is 9.59 Å². The van der Waals surface area contributed by atoms with Gasteiger partial charge in [0.25, 0.3) is 0 Å². The van der Waals surface area contributed by atoms with Gasteiger partial charge in [-0.1, -0.05) is 39.0 Å². The Labute approximate surface area is 178 Å². The summed E-state index contributed by atoms with van der Waals surface area (Å²) in [6.07, 6.45) is 4.64. The molecule has 8 atom stereocenters. The number of carboxylic acid groups (broad SMARTS) is 1. The van der Waals surface area contributed by atoms with Gasteiger partial charge >= 0.3 is 11.9 Å². The van der Waals surface area contributed by atoms with Crippen LogP contribution in [0.15, 0.2) is 23.8 Å². The third-order valence-electron chi connectivity index (χ3n) is 6.44. The van der Waals surface area contributed by atoms with Gasteiger partial charge in [0.15, 0.2) is 0 Å². The lowest BCUT2D eigenvalue weighted by Crippen LogP contribution is -2.43. The van der Waals surface area contributed by atoms with Crippen LogP contribution in [0.2, 0.25) is 0 Å². The lowest BCUT2D eigenvalue weighted by Gasteiger charge is -2.43. The third-order valence-corrected chi connectivity index (χ3v) is 6.44. The molecule has 0 aliphatic heterocycles. The Morgan fingerprint density at radius 2 is 1.97 bits per heavy atom. The Morgan fingerprint density at radius 1 is 1.27 bits per heavy atom. The van der Waals surface area contributed by atoms with E-state index in [1.165, 1.54) is 0 Å². The van der Waals surface area contributed by atoms with Gasteiger partial charge in [0.2, 0.25) is 0 Å². The second-order valence-electron chi connectivity index (χ2n) is 8.88. The number of carbonyl (C=O) groups is 2. The first-order chi connectivity index (χ1) is 14.1. The van der Waals surface area contributed by atoms with E-state index in [2.05, 4.69) is 13.0 Å². The molecule has 7 heteroatoms. The Morgan fingerprint density at radius 3 is 2.60 bits per heavy atom. The van der Waals surface area contributed by atoms with Crippen molar-refractivity contribution >= 4 is 11.9 Å². The molecule has 0 unspecified atom stereocenters. The second-order valence-corrected chi connectivity index (χ2v) is 8.88.